The van der Waals surface area contributed by atoms with Crippen LogP contribution in [0.4, 0.5) is 8.78 Å². The monoisotopic (exact) mass is 228 g/mol. The van der Waals surface area contributed by atoms with E-state index in [2.05, 4.69) is 9.72 Å². The third-order valence-corrected chi connectivity index (χ3v) is 1.86. The fourth-order valence-corrected chi connectivity index (χ4v) is 1.29. The van der Waals surface area contributed by atoms with Crippen LogP contribution in [0, 0.1) is 0 Å². The lowest BCUT2D eigenvalue weighted by atomic mass is 10.2. The zero-order valence-corrected chi connectivity index (χ0v) is 7.81. The van der Waals surface area contributed by atoms with Crippen molar-refractivity contribution >= 4 is 17.0 Å². The first-order valence-electron chi connectivity index (χ1n) is 4.21. The van der Waals surface area contributed by atoms with Crippen LogP contribution in [0.1, 0.15) is 10.4 Å². The van der Waals surface area contributed by atoms with Crippen molar-refractivity contribution in [3.05, 3.63) is 23.9 Å². The molecular formula is C9H6F2N2O3. The second-order valence-corrected chi connectivity index (χ2v) is 2.86. The number of amides is 1. The molecule has 1 amide bonds. The largest absolute Gasteiger partial charge is 0.423 e. The average Bonchev–Trinajstić information content (AvgIpc) is 2.53. The number of pyridine rings is 1. The molecule has 2 rings (SSSR count). The van der Waals surface area contributed by atoms with E-state index in [-0.39, 0.29) is 16.7 Å². The minimum atomic E-state index is -3.10. The van der Waals surface area contributed by atoms with Crippen molar-refractivity contribution in [1.82, 2.24) is 4.98 Å². The summed E-state index contributed by atoms with van der Waals surface area (Å²) in [5.41, 5.74) is 5.02. The smallest absolute Gasteiger partial charge is 0.389 e. The Kier molecular flexibility index (Phi) is 2.43. The van der Waals surface area contributed by atoms with Crippen molar-refractivity contribution < 1.29 is 22.7 Å². The van der Waals surface area contributed by atoms with Gasteiger partial charge in [-0.1, -0.05) is 0 Å². The normalized spacial score (nSPS) is 10.9. The van der Waals surface area contributed by atoms with Crippen LogP contribution in [0.25, 0.3) is 11.1 Å². The number of fused-ring (bicyclic) bond motifs is 1. The predicted octanol–water partition coefficient (Wildman–Crippen LogP) is 1.53. The van der Waals surface area contributed by atoms with Gasteiger partial charge < -0.3 is 14.9 Å². The van der Waals surface area contributed by atoms with Crippen molar-refractivity contribution in [2.75, 3.05) is 0 Å². The third-order valence-electron chi connectivity index (χ3n) is 1.86. The maximum Gasteiger partial charge on any atom is 0.389 e. The van der Waals surface area contributed by atoms with Gasteiger partial charge in [-0.15, -0.1) is 0 Å². The number of hydrogen-bond donors (Lipinski definition) is 1. The zero-order valence-electron chi connectivity index (χ0n) is 7.81. The quantitative estimate of drug-likeness (QED) is 0.863. The number of nitrogens with zero attached hydrogens (tertiary/aromatic N) is 1. The number of rotatable bonds is 3. The number of aromatic nitrogens is 1. The number of halogens is 2. The maximum absolute atomic E-state index is 12.0. The fraction of sp³-hybridized carbons (Fsp3) is 0.111. The molecule has 0 radical (unpaired) electrons. The molecule has 0 aromatic carbocycles. The summed E-state index contributed by atoms with van der Waals surface area (Å²) in [6.07, 6.45) is 1.39. The Morgan fingerprint density at radius 3 is 2.94 bits per heavy atom. The molecule has 0 spiro atoms. The molecule has 0 aliphatic heterocycles. The predicted molar refractivity (Wildman–Crippen MR) is 49.2 cm³/mol. The van der Waals surface area contributed by atoms with Crippen molar-refractivity contribution in [2.24, 2.45) is 5.73 Å². The van der Waals surface area contributed by atoms with Crippen LogP contribution < -0.4 is 10.5 Å². The van der Waals surface area contributed by atoms with Crippen LogP contribution in [-0.2, 0) is 0 Å². The average molecular weight is 228 g/mol. The van der Waals surface area contributed by atoms with Gasteiger partial charge >= 0.3 is 12.6 Å². The molecule has 2 aromatic heterocycles. The van der Waals surface area contributed by atoms with Gasteiger partial charge in [0.05, 0.1) is 0 Å². The Bertz CT molecular complexity index is 539. The van der Waals surface area contributed by atoms with E-state index in [1.54, 1.807) is 0 Å². The van der Waals surface area contributed by atoms with Crippen molar-refractivity contribution in [3.63, 3.8) is 0 Å². The Morgan fingerprint density at radius 1 is 1.56 bits per heavy atom. The van der Waals surface area contributed by atoms with E-state index >= 15 is 0 Å². The molecule has 2 heterocycles. The summed E-state index contributed by atoms with van der Waals surface area (Å²) in [5.74, 6) is -1.55. The molecule has 2 N–H and O–H groups in total. The van der Waals surface area contributed by atoms with Gasteiger partial charge in [0.25, 0.3) is 5.91 Å². The van der Waals surface area contributed by atoms with Crippen LogP contribution in [0.3, 0.4) is 0 Å². The van der Waals surface area contributed by atoms with E-state index < -0.39 is 18.5 Å². The third kappa shape index (κ3) is 1.67. The van der Waals surface area contributed by atoms with Crippen LogP contribution in [0.5, 0.6) is 5.95 Å². The van der Waals surface area contributed by atoms with Gasteiger partial charge in [-0.3, -0.25) is 9.78 Å². The molecule has 84 valence electrons. The highest BCUT2D eigenvalue weighted by Crippen LogP contribution is 2.30. The highest BCUT2D eigenvalue weighted by atomic mass is 19.3. The number of ether oxygens (including phenoxy) is 1. The Labute approximate surface area is 87.8 Å². The van der Waals surface area contributed by atoms with E-state index in [9.17, 15) is 13.6 Å². The number of nitrogens with two attached hydrogens (primary N) is 1. The Hall–Kier alpha value is -2.18. The molecule has 0 saturated heterocycles. The van der Waals surface area contributed by atoms with Crippen molar-refractivity contribution in [1.29, 1.82) is 0 Å². The first kappa shape index (κ1) is 10.3. The standard InChI is InChI=1S/C9H6F2N2O3/c10-9(11)16-8-5(7(12)14)6-4(15-8)2-1-3-13-6/h1-3,9H,(H2,12,14). The molecule has 16 heavy (non-hydrogen) atoms. The number of alkyl halides is 2. The van der Waals surface area contributed by atoms with Gasteiger partial charge in [0, 0.05) is 6.20 Å². The number of carbonyl (C=O) groups excluding carboxylic acids is 1. The Balaban J connectivity index is 2.63. The van der Waals surface area contributed by atoms with Crippen molar-refractivity contribution in [2.45, 2.75) is 6.61 Å². The fourth-order valence-electron chi connectivity index (χ4n) is 1.29. The topological polar surface area (TPSA) is 78.4 Å². The minimum absolute atomic E-state index is 0.102. The van der Waals surface area contributed by atoms with E-state index in [1.807, 2.05) is 0 Å². The SMILES string of the molecule is NC(=O)c1c(OC(F)F)oc2cccnc12. The minimum Gasteiger partial charge on any atom is -0.423 e. The van der Waals surface area contributed by atoms with Crippen LogP contribution >= 0.6 is 0 Å². The molecule has 5 nitrogen and oxygen atoms in total. The number of carbonyl (C=O) groups is 1. The molecule has 0 atom stereocenters. The van der Waals surface area contributed by atoms with Crippen LogP contribution in [-0.4, -0.2) is 17.5 Å². The van der Waals surface area contributed by atoms with Gasteiger partial charge in [0.2, 0.25) is 0 Å². The summed E-state index contributed by atoms with van der Waals surface area (Å²) < 4.78 is 33.0. The van der Waals surface area contributed by atoms with Gasteiger partial charge in [-0.25, -0.2) is 0 Å². The van der Waals surface area contributed by atoms with Gasteiger partial charge in [0.15, 0.2) is 5.58 Å². The van der Waals surface area contributed by atoms with Gasteiger partial charge in [-0.2, -0.15) is 8.78 Å². The molecule has 0 bridgehead atoms. The summed E-state index contributed by atoms with van der Waals surface area (Å²) in [6, 6.07) is 3.00. The van der Waals surface area contributed by atoms with Gasteiger partial charge in [0.1, 0.15) is 11.1 Å². The maximum atomic E-state index is 12.0. The van der Waals surface area contributed by atoms with Crippen LogP contribution in [0.15, 0.2) is 22.7 Å². The van der Waals surface area contributed by atoms with Crippen LogP contribution in [0.2, 0.25) is 0 Å². The molecule has 0 saturated carbocycles. The molecule has 0 fully saturated rings. The molecule has 0 aliphatic carbocycles. The highest BCUT2D eigenvalue weighted by molar-refractivity contribution is 6.06. The lowest BCUT2D eigenvalue weighted by Crippen LogP contribution is -2.13. The van der Waals surface area contributed by atoms with E-state index in [4.69, 9.17) is 10.2 Å². The first-order valence-corrected chi connectivity index (χ1v) is 4.21. The lowest BCUT2D eigenvalue weighted by molar-refractivity contribution is -0.0632. The summed E-state index contributed by atoms with van der Waals surface area (Å²) >= 11 is 0. The summed E-state index contributed by atoms with van der Waals surface area (Å²) in [6.45, 7) is -3.10. The van der Waals surface area contributed by atoms with E-state index in [0.29, 0.717) is 0 Å². The van der Waals surface area contributed by atoms with E-state index in [1.165, 1.54) is 18.3 Å². The summed E-state index contributed by atoms with van der Waals surface area (Å²) in [7, 11) is 0. The number of primary amides is 1. The number of furan rings is 1. The second-order valence-electron chi connectivity index (χ2n) is 2.86. The first-order chi connectivity index (χ1) is 7.59. The van der Waals surface area contributed by atoms with Gasteiger partial charge in [-0.05, 0) is 12.1 Å². The Morgan fingerprint density at radius 2 is 2.31 bits per heavy atom. The molecule has 0 unspecified atom stereocenters. The second kappa shape index (κ2) is 3.76. The summed E-state index contributed by atoms with van der Waals surface area (Å²) in [4.78, 5) is 14.9. The zero-order chi connectivity index (χ0) is 11.7. The highest BCUT2D eigenvalue weighted by Gasteiger charge is 2.23. The van der Waals surface area contributed by atoms with E-state index in [0.717, 1.165) is 0 Å². The molecule has 2 aromatic rings. The molecular weight excluding hydrogens is 222 g/mol. The molecule has 7 heteroatoms. The summed E-state index contributed by atoms with van der Waals surface area (Å²) in [5, 5.41) is 0. The lowest BCUT2D eigenvalue weighted by Gasteiger charge is -2.00. The number of hydrogen-bond acceptors (Lipinski definition) is 4. The molecule has 0 aliphatic rings. The van der Waals surface area contributed by atoms with Crippen molar-refractivity contribution in [3.8, 4) is 5.95 Å².